The third-order valence-corrected chi connectivity index (χ3v) is 4.28. The van der Waals surface area contributed by atoms with Gasteiger partial charge in [0.15, 0.2) is 0 Å². The van der Waals surface area contributed by atoms with Crippen molar-refractivity contribution >= 4 is 30.1 Å². The Bertz CT molecular complexity index is 337. The second kappa shape index (κ2) is 5.17. The molecule has 0 N–H and O–H groups in total. The van der Waals surface area contributed by atoms with E-state index in [0.717, 1.165) is 5.75 Å². The van der Waals surface area contributed by atoms with Crippen molar-refractivity contribution in [1.29, 1.82) is 0 Å². The Morgan fingerprint density at radius 3 is 2.29 bits per heavy atom. The van der Waals surface area contributed by atoms with Gasteiger partial charge in [0.2, 0.25) is 6.49 Å². The standard InChI is InChI=1S/C9H13O2PS2/c1-10-12(2,13)11-8-4-6-9(14-3)7-5-8/h4-7H,1-3H3. The van der Waals surface area contributed by atoms with Gasteiger partial charge in [0, 0.05) is 18.7 Å². The molecule has 0 fully saturated rings. The highest BCUT2D eigenvalue weighted by molar-refractivity contribution is 8.09. The van der Waals surface area contributed by atoms with Gasteiger partial charge in [-0.2, -0.15) is 0 Å². The van der Waals surface area contributed by atoms with Gasteiger partial charge in [-0.05, 0) is 42.3 Å². The summed E-state index contributed by atoms with van der Waals surface area (Å²) < 4.78 is 10.6. The van der Waals surface area contributed by atoms with Gasteiger partial charge in [0.1, 0.15) is 5.75 Å². The highest BCUT2D eigenvalue weighted by Gasteiger charge is 2.09. The molecule has 0 aliphatic rings. The Balaban J connectivity index is 2.74. The zero-order valence-electron chi connectivity index (χ0n) is 8.39. The van der Waals surface area contributed by atoms with E-state index < -0.39 is 6.49 Å². The summed E-state index contributed by atoms with van der Waals surface area (Å²) in [6.07, 6.45) is 2.04. The van der Waals surface area contributed by atoms with Crippen LogP contribution in [0.3, 0.4) is 0 Å². The van der Waals surface area contributed by atoms with Gasteiger partial charge < -0.3 is 9.05 Å². The molecule has 0 spiro atoms. The molecule has 0 aliphatic heterocycles. The molecule has 2 nitrogen and oxygen atoms in total. The van der Waals surface area contributed by atoms with Crippen molar-refractivity contribution in [2.75, 3.05) is 20.0 Å². The predicted octanol–water partition coefficient (Wildman–Crippen LogP) is 3.37. The molecule has 0 saturated carbocycles. The summed E-state index contributed by atoms with van der Waals surface area (Å²) in [5.41, 5.74) is 0. The fourth-order valence-electron chi connectivity index (χ4n) is 0.865. The SMILES string of the molecule is COP(C)(=S)Oc1ccc(SC)cc1. The molecule has 1 aromatic rings. The zero-order chi connectivity index (χ0) is 10.6. The van der Waals surface area contributed by atoms with E-state index in [4.69, 9.17) is 20.9 Å². The van der Waals surface area contributed by atoms with Gasteiger partial charge in [-0.15, -0.1) is 11.8 Å². The number of hydrogen-bond donors (Lipinski definition) is 0. The Labute approximate surface area is 94.2 Å². The quantitative estimate of drug-likeness (QED) is 0.600. The minimum Gasteiger partial charge on any atom is -0.444 e. The van der Waals surface area contributed by atoms with Gasteiger partial charge in [0.25, 0.3) is 0 Å². The Hall–Kier alpha value is -0.0200. The molecule has 0 aliphatic carbocycles. The zero-order valence-corrected chi connectivity index (χ0v) is 10.9. The first-order valence-corrected chi connectivity index (χ1v) is 8.35. The van der Waals surface area contributed by atoms with Crippen LogP contribution in [0.4, 0.5) is 0 Å². The smallest absolute Gasteiger partial charge is 0.234 e. The first-order chi connectivity index (χ1) is 6.57. The summed E-state index contributed by atoms with van der Waals surface area (Å²) in [5.74, 6) is 0.774. The Kier molecular flexibility index (Phi) is 4.45. The number of thioether (sulfide) groups is 1. The molecule has 0 amide bonds. The van der Waals surface area contributed by atoms with Crippen LogP contribution in [0.5, 0.6) is 5.75 Å². The van der Waals surface area contributed by atoms with Gasteiger partial charge >= 0.3 is 0 Å². The maximum absolute atomic E-state index is 5.54. The van der Waals surface area contributed by atoms with Crippen LogP contribution in [0, 0.1) is 0 Å². The Morgan fingerprint density at radius 1 is 1.29 bits per heavy atom. The molecule has 0 aromatic heterocycles. The van der Waals surface area contributed by atoms with E-state index in [1.54, 1.807) is 18.9 Å². The summed E-state index contributed by atoms with van der Waals surface area (Å²) in [6, 6.07) is 7.83. The fourth-order valence-corrected chi connectivity index (χ4v) is 2.11. The molecule has 1 atom stereocenters. The molecule has 14 heavy (non-hydrogen) atoms. The molecule has 1 aromatic carbocycles. The van der Waals surface area contributed by atoms with Crippen LogP contribution in [0.2, 0.25) is 0 Å². The van der Waals surface area contributed by atoms with Crippen molar-refractivity contribution in [2.45, 2.75) is 4.90 Å². The number of rotatable bonds is 4. The predicted molar refractivity (Wildman–Crippen MR) is 66.1 cm³/mol. The topological polar surface area (TPSA) is 18.5 Å². The maximum Gasteiger partial charge on any atom is 0.234 e. The van der Waals surface area contributed by atoms with E-state index in [0.29, 0.717) is 0 Å². The van der Waals surface area contributed by atoms with Crippen molar-refractivity contribution < 1.29 is 9.05 Å². The van der Waals surface area contributed by atoms with Gasteiger partial charge in [-0.25, -0.2) is 0 Å². The fraction of sp³-hybridized carbons (Fsp3) is 0.333. The van der Waals surface area contributed by atoms with Crippen LogP contribution in [0.25, 0.3) is 0 Å². The monoisotopic (exact) mass is 248 g/mol. The third kappa shape index (κ3) is 3.62. The van der Waals surface area contributed by atoms with Gasteiger partial charge in [0.05, 0.1) is 0 Å². The molecule has 1 rings (SSSR count). The van der Waals surface area contributed by atoms with E-state index in [1.165, 1.54) is 4.90 Å². The summed E-state index contributed by atoms with van der Waals surface area (Å²) in [4.78, 5) is 1.21. The summed E-state index contributed by atoms with van der Waals surface area (Å²) >= 11 is 6.85. The van der Waals surface area contributed by atoms with Crippen LogP contribution in [-0.2, 0) is 16.3 Å². The van der Waals surface area contributed by atoms with Crippen molar-refractivity contribution in [3.8, 4) is 5.75 Å². The highest BCUT2D eigenvalue weighted by Crippen LogP contribution is 2.43. The minimum atomic E-state index is -2.09. The van der Waals surface area contributed by atoms with Crippen LogP contribution >= 0.6 is 18.3 Å². The molecule has 1 unspecified atom stereocenters. The summed E-state index contributed by atoms with van der Waals surface area (Å²) in [7, 11) is 1.58. The molecule has 0 radical (unpaired) electrons. The third-order valence-electron chi connectivity index (χ3n) is 1.66. The normalized spacial score (nSPS) is 14.8. The average molecular weight is 248 g/mol. The van der Waals surface area contributed by atoms with E-state index in [2.05, 4.69) is 0 Å². The molecule has 0 saturated heterocycles. The average Bonchev–Trinajstić information content (AvgIpc) is 2.19. The molecular weight excluding hydrogens is 235 g/mol. The first-order valence-electron chi connectivity index (χ1n) is 4.04. The lowest BCUT2D eigenvalue weighted by Gasteiger charge is -2.16. The summed E-state index contributed by atoms with van der Waals surface area (Å²) in [6.45, 7) is -0.282. The number of benzene rings is 1. The molecule has 78 valence electrons. The van der Waals surface area contributed by atoms with E-state index in [9.17, 15) is 0 Å². The van der Waals surface area contributed by atoms with Crippen molar-refractivity contribution in [2.24, 2.45) is 0 Å². The molecule has 0 bridgehead atoms. The van der Waals surface area contributed by atoms with Gasteiger partial charge in [-0.1, -0.05) is 0 Å². The summed E-state index contributed by atoms with van der Waals surface area (Å²) in [5, 5.41) is 0. The van der Waals surface area contributed by atoms with E-state index in [1.807, 2.05) is 37.2 Å². The van der Waals surface area contributed by atoms with Crippen molar-refractivity contribution in [1.82, 2.24) is 0 Å². The number of hydrogen-bond acceptors (Lipinski definition) is 4. The Morgan fingerprint density at radius 2 is 1.86 bits per heavy atom. The van der Waals surface area contributed by atoms with Crippen molar-refractivity contribution in [3.63, 3.8) is 0 Å². The van der Waals surface area contributed by atoms with Gasteiger partial charge in [-0.3, -0.25) is 0 Å². The highest BCUT2D eigenvalue weighted by atomic mass is 32.5. The minimum absolute atomic E-state index is 0.774. The second-order valence-electron chi connectivity index (χ2n) is 2.72. The molecule has 5 heteroatoms. The van der Waals surface area contributed by atoms with E-state index >= 15 is 0 Å². The molecule has 0 heterocycles. The lowest BCUT2D eigenvalue weighted by Crippen LogP contribution is -1.92. The maximum atomic E-state index is 5.54. The lowest BCUT2D eigenvalue weighted by atomic mass is 10.3. The van der Waals surface area contributed by atoms with Crippen LogP contribution in [-0.4, -0.2) is 20.0 Å². The largest absolute Gasteiger partial charge is 0.444 e. The van der Waals surface area contributed by atoms with Crippen molar-refractivity contribution in [3.05, 3.63) is 24.3 Å². The molecular formula is C9H13O2PS2. The first kappa shape index (κ1) is 12.1. The van der Waals surface area contributed by atoms with E-state index in [-0.39, 0.29) is 0 Å². The van der Waals surface area contributed by atoms with Crippen LogP contribution < -0.4 is 4.52 Å². The van der Waals surface area contributed by atoms with Crippen LogP contribution in [0.15, 0.2) is 29.2 Å². The lowest BCUT2D eigenvalue weighted by molar-refractivity contribution is 0.398. The second-order valence-corrected chi connectivity index (χ2v) is 7.68. The van der Waals surface area contributed by atoms with Crippen LogP contribution in [0.1, 0.15) is 0 Å².